The number of H-pyrrole nitrogens is 1. The number of carbonyl (C=O) groups is 1. The Kier molecular flexibility index (Phi) is 7.08. The van der Waals surface area contributed by atoms with Crippen LogP contribution in [0, 0.1) is 19.7 Å². The number of aromatic nitrogens is 5. The van der Waals surface area contributed by atoms with Crippen molar-refractivity contribution in [2.45, 2.75) is 57.5 Å². The van der Waals surface area contributed by atoms with Crippen molar-refractivity contribution >= 4 is 43.4 Å². The number of halogens is 1. The highest BCUT2D eigenvalue weighted by molar-refractivity contribution is 7.91. The number of anilines is 1. The summed E-state index contributed by atoms with van der Waals surface area (Å²) in [6.45, 7) is 13.2. The van der Waals surface area contributed by atoms with Crippen molar-refractivity contribution < 1.29 is 17.6 Å². The molecule has 2 unspecified atom stereocenters. The van der Waals surface area contributed by atoms with E-state index in [-0.39, 0.29) is 53.2 Å². The van der Waals surface area contributed by atoms with E-state index in [1.54, 1.807) is 34.3 Å². The van der Waals surface area contributed by atoms with E-state index in [1.807, 2.05) is 46.8 Å². The Morgan fingerprint density at radius 1 is 1.17 bits per heavy atom. The largest absolute Gasteiger partial charge is 0.354 e. The number of aryl methyl sites for hydroxylation is 2. The fourth-order valence-corrected chi connectivity index (χ4v) is 9.03. The molecule has 11 nitrogen and oxygen atoms in total. The molecule has 0 bridgehead atoms. The van der Waals surface area contributed by atoms with Gasteiger partial charge in [-0.15, -0.1) is 0 Å². The fourth-order valence-electron chi connectivity index (χ4n) is 7.18. The van der Waals surface area contributed by atoms with Crippen LogP contribution in [0.15, 0.2) is 59.0 Å². The van der Waals surface area contributed by atoms with Crippen LogP contribution in [0.3, 0.4) is 0 Å². The van der Waals surface area contributed by atoms with E-state index < -0.39 is 38.0 Å². The van der Waals surface area contributed by atoms with Crippen LogP contribution in [0.5, 0.6) is 0 Å². The van der Waals surface area contributed by atoms with Gasteiger partial charge in [-0.1, -0.05) is 26.5 Å². The van der Waals surface area contributed by atoms with Crippen molar-refractivity contribution in [2.75, 3.05) is 23.7 Å². The number of fused-ring (bicyclic) bond motifs is 3. The van der Waals surface area contributed by atoms with Crippen LogP contribution in [0.4, 0.5) is 10.2 Å². The lowest BCUT2D eigenvalue weighted by Gasteiger charge is -2.44. The van der Waals surface area contributed by atoms with E-state index >= 15 is 4.39 Å². The van der Waals surface area contributed by atoms with Crippen LogP contribution in [-0.4, -0.2) is 74.9 Å². The van der Waals surface area contributed by atoms with Crippen molar-refractivity contribution in [3.05, 3.63) is 82.4 Å². The number of nitrogens with zero attached hydrogens (tertiary/aromatic N) is 6. The Hall–Kier alpha value is -4.91. The van der Waals surface area contributed by atoms with Gasteiger partial charge in [-0.05, 0) is 67.7 Å². The molecule has 13 heteroatoms. The summed E-state index contributed by atoms with van der Waals surface area (Å²) in [5.74, 6) is -1.78. The minimum absolute atomic E-state index is 0.0233. The van der Waals surface area contributed by atoms with Gasteiger partial charge >= 0.3 is 5.69 Å². The molecule has 1 N–H and O–H groups in total. The van der Waals surface area contributed by atoms with Crippen molar-refractivity contribution in [2.24, 2.45) is 0 Å². The number of piperazine rings is 1. The number of hydrogen-bond donors (Lipinski definition) is 1. The molecule has 0 radical (unpaired) electrons. The van der Waals surface area contributed by atoms with Crippen LogP contribution >= 0.6 is 0 Å². The third kappa shape index (κ3) is 4.58. The molecule has 0 aliphatic carbocycles. The number of sulfone groups is 1. The molecule has 5 aromatic rings. The summed E-state index contributed by atoms with van der Waals surface area (Å²) in [5, 5.41) is 7.69. The van der Waals surface area contributed by atoms with E-state index in [0.29, 0.717) is 33.4 Å². The number of aromatic amines is 1. The summed E-state index contributed by atoms with van der Waals surface area (Å²) >= 11 is 0. The number of amides is 1. The fraction of sp³-hybridized carbons (Fsp3) is 0.324. The summed E-state index contributed by atoms with van der Waals surface area (Å²) in [7, 11) is -4.37. The summed E-state index contributed by atoms with van der Waals surface area (Å²) in [6, 6.07) is 5.82. The average Bonchev–Trinajstić information content (AvgIpc) is 3.47. The third-order valence-corrected chi connectivity index (χ3v) is 11.2. The number of hydrogen-bond acceptors (Lipinski definition) is 8. The molecule has 1 amide bonds. The van der Waals surface area contributed by atoms with Gasteiger partial charge in [0.25, 0.3) is 0 Å². The highest BCUT2D eigenvalue weighted by Gasteiger charge is 2.43. The van der Waals surface area contributed by atoms with E-state index in [0.717, 1.165) is 5.56 Å². The van der Waals surface area contributed by atoms with Gasteiger partial charge in [-0.2, -0.15) is 10.1 Å². The van der Waals surface area contributed by atoms with Crippen LogP contribution < -0.4 is 10.6 Å². The Morgan fingerprint density at radius 3 is 2.66 bits per heavy atom. The number of rotatable bonds is 4. The maximum Gasteiger partial charge on any atom is 0.354 e. The quantitative estimate of drug-likeness (QED) is 0.278. The minimum atomic E-state index is -4.37. The van der Waals surface area contributed by atoms with E-state index in [4.69, 9.17) is 0 Å². The summed E-state index contributed by atoms with van der Waals surface area (Å²) in [5.41, 5.74) is 3.19. The SMILES string of the molecule is C=CC(=O)N1CC2CS(=O)(=O)c3c(F)c(-c4c(C)ccc5[nH]ncc45)cc4c3c(nc(=O)n4-c3c(C)ccnc3C(C)C)N2CC1C. The first kappa shape index (κ1) is 30.7. The summed E-state index contributed by atoms with van der Waals surface area (Å²) < 4.78 is 47.7. The molecule has 1 fully saturated rings. The molecule has 2 atom stereocenters. The molecule has 1 saturated heterocycles. The lowest BCUT2D eigenvalue weighted by molar-refractivity contribution is -0.128. The minimum Gasteiger partial charge on any atom is -0.348 e. The van der Waals surface area contributed by atoms with Gasteiger partial charge in [-0.3, -0.25) is 19.4 Å². The van der Waals surface area contributed by atoms with E-state index in [9.17, 15) is 18.0 Å². The topological polar surface area (TPSA) is 134 Å². The summed E-state index contributed by atoms with van der Waals surface area (Å²) in [4.78, 5) is 39.0. The maximum absolute atomic E-state index is 17.3. The highest BCUT2D eigenvalue weighted by Crippen LogP contribution is 2.44. The van der Waals surface area contributed by atoms with Crippen LogP contribution in [-0.2, 0) is 14.6 Å². The van der Waals surface area contributed by atoms with Crippen LogP contribution in [0.2, 0.25) is 0 Å². The van der Waals surface area contributed by atoms with Gasteiger partial charge in [-0.25, -0.2) is 17.6 Å². The van der Waals surface area contributed by atoms with Crippen molar-refractivity contribution in [1.82, 2.24) is 29.6 Å². The lowest BCUT2D eigenvalue weighted by Crippen LogP contribution is -2.60. The molecular weight excluding hydrogens is 621 g/mol. The van der Waals surface area contributed by atoms with Gasteiger partial charge in [0, 0.05) is 36.3 Å². The first-order chi connectivity index (χ1) is 22.3. The zero-order valence-electron chi connectivity index (χ0n) is 26.7. The van der Waals surface area contributed by atoms with Gasteiger partial charge in [0.15, 0.2) is 15.7 Å². The predicted molar refractivity (Wildman–Crippen MR) is 178 cm³/mol. The van der Waals surface area contributed by atoms with Crippen molar-refractivity contribution in [3.63, 3.8) is 0 Å². The van der Waals surface area contributed by atoms with E-state index in [1.165, 1.54) is 10.6 Å². The number of pyridine rings is 1. The molecule has 2 aliphatic heterocycles. The van der Waals surface area contributed by atoms with Gasteiger partial charge < -0.3 is 9.80 Å². The van der Waals surface area contributed by atoms with Gasteiger partial charge in [0.05, 0.1) is 45.8 Å². The van der Waals surface area contributed by atoms with E-state index in [2.05, 4.69) is 26.7 Å². The molecule has 2 aliphatic rings. The standard InChI is InChI=1S/C34H34FN7O4S/c1-7-26(43)40-15-21-16-47(45,46)32-28-25(12-22(29(32)35)27-18(4)8-9-24-23(27)13-37-39-24)42(31-19(5)10-11-36-30(31)17(2)3)34(44)38-33(28)41(21)14-20(40)6/h7-13,17,20-21H,1,14-16H2,2-6H3,(H,37,39). The molecule has 3 aromatic heterocycles. The normalized spacial score (nSPS) is 18.9. The average molecular weight is 656 g/mol. The molecule has 0 saturated carbocycles. The number of carbonyl (C=O) groups excluding carboxylic acids is 1. The third-order valence-electron chi connectivity index (χ3n) is 9.38. The molecule has 2 aromatic carbocycles. The van der Waals surface area contributed by atoms with Crippen LogP contribution in [0.1, 0.15) is 43.5 Å². The van der Waals surface area contributed by atoms with Gasteiger partial charge in [0.1, 0.15) is 10.7 Å². The lowest BCUT2D eigenvalue weighted by atomic mass is 9.95. The predicted octanol–water partition coefficient (Wildman–Crippen LogP) is 4.58. The molecule has 5 heterocycles. The van der Waals surface area contributed by atoms with Crippen LogP contribution in [0.25, 0.3) is 38.6 Å². The number of nitrogens with one attached hydrogen (secondary N) is 1. The Labute approximate surface area is 270 Å². The molecule has 47 heavy (non-hydrogen) atoms. The van der Waals surface area contributed by atoms with Crippen molar-refractivity contribution in [1.29, 1.82) is 0 Å². The monoisotopic (exact) mass is 655 g/mol. The molecule has 7 rings (SSSR count). The summed E-state index contributed by atoms with van der Waals surface area (Å²) in [6.07, 6.45) is 4.43. The first-order valence-corrected chi connectivity index (χ1v) is 17.1. The zero-order valence-corrected chi connectivity index (χ0v) is 27.5. The Bertz CT molecular complexity index is 2330. The second-order valence-electron chi connectivity index (χ2n) is 12.8. The van der Waals surface area contributed by atoms with Crippen molar-refractivity contribution in [3.8, 4) is 16.8 Å². The number of benzene rings is 2. The first-order valence-electron chi connectivity index (χ1n) is 15.4. The Morgan fingerprint density at radius 2 is 1.94 bits per heavy atom. The maximum atomic E-state index is 17.3. The zero-order chi connectivity index (χ0) is 33.5. The second-order valence-corrected chi connectivity index (χ2v) is 14.7. The molecular formula is C34H34FN7O4S. The molecule has 0 spiro atoms. The van der Waals surface area contributed by atoms with Gasteiger partial charge in [0.2, 0.25) is 5.91 Å². The highest BCUT2D eigenvalue weighted by atomic mass is 32.2. The Balaban J connectivity index is 1.66. The smallest absolute Gasteiger partial charge is 0.348 e. The molecule has 242 valence electrons. The second kappa shape index (κ2) is 10.8.